The topological polar surface area (TPSA) is 88.0 Å². The Hall–Kier alpha value is -2.13. The van der Waals surface area contributed by atoms with Crippen LogP contribution in [-0.2, 0) is 15.9 Å². The lowest BCUT2D eigenvalue weighted by molar-refractivity contribution is -0.0105. The average molecular weight is 362 g/mol. The van der Waals surface area contributed by atoms with Gasteiger partial charge in [-0.05, 0) is 18.2 Å². The first-order valence-corrected chi connectivity index (χ1v) is 8.17. The fourth-order valence-electron chi connectivity index (χ4n) is 2.02. The van der Waals surface area contributed by atoms with Crippen LogP contribution in [0.25, 0.3) is 10.9 Å². The number of hydrogen-bond acceptors (Lipinski definition) is 4. The standard InChI is InChI=1S/C13H10ClF2N3O3S/c1-13(15,16)11-5-12(18-22-11)19-23(20,21)10-6-17-9-4-7(14)2-3-8(9)10/h2-6,17H,1H3,(H,18,19). The van der Waals surface area contributed by atoms with Gasteiger partial charge in [0.05, 0.1) is 0 Å². The van der Waals surface area contributed by atoms with E-state index >= 15 is 0 Å². The van der Waals surface area contributed by atoms with Gasteiger partial charge in [0.25, 0.3) is 10.0 Å². The third kappa shape index (κ3) is 3.02. The van der Waals surface area contributed by atoms with E-state index in [1.54, 1.807) is 12.1 Å². The van der Waals surface area contributed by atoms with Gasteiger partial charge in [-0.2, -0.15) is 8.78 Å². The lowest BCUT2D eigenvalue weighted by Gasteiger charge is -2.04. The maximum absolute atomic E-state index is 13.1. The highest BCUT2D eigenvalue weighted by Crippen LogP contribution is 2.30. The van der Waals surface area contributed by atoms with Gasteiger partial charge in [-0.3, -0.25) is 4.72 Å². The van der Waals surface area contributed by atoms with Crippen LogP contribution in [-0.4, -0.2) is 18.6 Å². The molecule has 0 unspecified atom stereocenters. The number of benzene rings is 1. The number of nitrogens with zero attached hydrogens (tertiary/aromatic N) is 1. The largest absolute Gasteiger partial charge is 0.360 e. The molecule has 2 heterocycles. The van der Waals surface area contributed by atoms with Crippen LogP contribution in [0.1, 0.15) is 12.7 Å². The highest BCUT2D eigenvalue weighted by molar-refractivity contribution is 7.93. The highest BCUT2D eigenvalue weighted by Gasteiger charge is 2.31. The van der Waals surface area contributed by atoms with Crippen LogP contribution in [0, 0.1) is 0 Å². The Bertz CT molecular complexity index is 976. The lowest BCUT2D eigenvalue weighted by Crippen LogP contribution is -2.12. The summed E-state index contributed by atoms with van der Waals surface area (Å²) in [5.74, 6) is -4.32. The van der Waals surface area contributed by atoms with E-state index < -0.39 is 21.7 Å². The predicted molar refractivity (Wildman–Crippen MR) is 80.2 cm³/mol. The maximum Gasteiger partial charge on any atom is 0.304 e. The molecule has 0 amide bonds. The van der Waals surface area contributed by atoms with E-state index in [1.807, 2.05) is 0 Å². The molecule has 0 saturated carbocycles. The summed E-state index contributed by atoms with van der Waals surface area (Å²) in [6, 6.07) is 5.49. The van der Waals surface area contributed by atoms with E-state index in [0.29, 0.717) is 22.8 Å². The van der Waals surface area contributed by atoms with Gasteiger partial charge in [0.1, 0.15) is 4.90 Å². The molecule has 0 fully saturated rings. The smallest absolute Gasteiger partial charge is 0.304 e. The quantitative estimate of drug-likeness (QED) is 0.741. The molecule has 0 radical (unpaired) electrons. The zero-order valence-corrected chi connectivity index (χ0v) is 13.2. The van der Waals surface area contributed by atoms with Crippen LogP contribution < -0.4 is 4.72 Å². The van der Waals surface area contributed by atoms with Crippen molar-refractivity contribution in [2.75, 3.05) is 4.72 Å². The van der Waals surface area contributed by atoms with E-state index in [1.165, 1.54) is 12.3 Å². The molecule has 1 aromatic carbocycles. The van der Waals surface area contributed by atoms with Gasteiger partial charge in [0.15, 0.2) is 5.82 Å². The summed E-state index contributed by atoms with van der Waals surface area (Å²) in [7, 11) is -4.03. The van der Waals surface area contributed by atoms with Crippen molar-refractivity contribution in [2.24, 2.45) is 0 Å². The van der Waals surface area contributed by atoms with Gasteiger partial charge in [0.2, 0.25) is 5.76 Å². The Kier molecular flexibility index (Phi) is 3.56. The minimum absolute atomic E-state index is 0.0584. The number of hydrogen-bond donors (Lipinski definition) is 2. The number of aromatic amines is 1. The van der Waals surface area contributed by atoms with Crippen LogP contribution in [0.15, 0.2) is 39.9 Å². The molecular formula is C13H10ClF2N3O3S. The van der Waals surface area contributed by atoms with Gasteiger partial charge >= 0.3 is 5.92 Å². The summed E-state index contributed by atoms with van der Waals surface area (Å²) < 4.78 is 57.5. The summed E-state index contributed by atoms with van der Waals surface area (Å²) in [6.45, 7) is 0.620. The number of nitrogens with one attached hydrogen (secondary N) is 2. The van der Waals surface area contributed by atoms with E-state index in [9.17, 15) is 17.2 Å². The summed E-state index contributed by atoms with van der Waals surface area (Å²) in [5, 5.41) is 4.15. The first-order chi connectivity index (χ1) is 10.7. The third-order valence-corrected chi connectivity index (χ3v) is 4.71. The summed E-state index contributed by atoms with van der Waals surface area (Å²) in [4.78, 5) is 2.72. The molecule has 3 rings (SSSR count). The number of H-pyrrole nitrogens is 1. The zero-order chi connectivity index (χ0) is 16.8. The molecule has 2 aromatic heterocycles. The normalized spacial score (nSPS) is 12.7. The van der Waals surface area contributed by atoms with Crippen molar-refractivity contribution in [2.45, 2.75) is 17.7 Å². The fourth-order valence-corrected chi connectivity index (χ4v) is 3.35. The second-order valence-corrected chi connectivity index (χ2v) is 7.00. The van der Waals surface area contributed by atoms with Gasteiger partial charge in [-0.1, -0.05) is 16.8 Å². The van der Waals surface area contributed by atoms with Crippen LogP contribution in [0.5, 0.6) is 0 Å². The number of halogens is 3. The molecule has 0 atom stereocenters. The Morgan fingerprint density at radius 3 is 2.74 bits per heavy atom. The van der Waals surface area contributed by atoms with Crippen molar-refractivity contribution in [3.63, 3.8) is 0 Å². The van der Waals surface area contributed by atoms with E-state index in [2.05, 4.69) is 19.4 Å². The molecule has 122 valence electrons. The molecule has 0 saturated heterocycles. The summed E-state index contributed by atoms with van der Waals surface area (Å²) >= 11 is 5.84. The number of sulfonamides is 1. The lowest BCUT2D eigenvalue weighted by atomic mass is 10.2. The number of fused-ring (bicyclic) bond motifs is 1. The Balaban J connectivity index is 1.96. The van der Waals surface area contributed by atoms with E-state index in [-0.39, 0.29) is 10.7 Å². The van der Waals surface area contributed by atoms with Crippen molar-refractivity contribution < 1.29 is 21.7 Å². The average Bonchev–Trinajstić information content (AvgIpc) is 3.03. The Morgan fingerprint density at radius 2 is 2.09 bits per heavy atom. The van der Waals surface area contributed by atoms with Crippen molar-refractivity contribution in [1.82, 2.24) is 10.1 Å². The zero-order valence-electron chi connectivity index (χ0n) is 11.6. The molecule has 0 aliphatic rings. The Morgan fingerprint density at radius 1 is 1.35 bits per heavy atom. The summed E-state index contributed by atoms with van der Waals surface area (Å²) in [6.07, 6.45) is 1.28. The van der Waals surface area contributed by atoms with E-state index in [4.69, 9.17) is 11.6 Å². The molecule has 0 bridgehead atoms. The molecule has 2 N–H and O–H groups in total. The minimum atomic E-state index is -4.03. The maximum atomic E-state index is 13.1. The second kappa shape index (κ2) is 5.20. The van der Waals surface area contributed by atoms with Crippen molar-refractivity contribution in [3.05, 3.63) is 41.2 Å². The van der Waals surface area contributed by atoms with Crippen LogP contribution in [0.2, 0.25) is 5.02 Å². The van der Waals surface area contributed by atoms with Crippen LogP contribution in [0.4, 0.5) is 14.6 Å². The van der Waals surface area contributed by atoms with Crippen LogP contribution in [0.3, 0.4) is 0 Å². The van der Waals surface area contributed by atoms with Gasteiger partial charge < -0.3 is 9.51 Å². The SMILES string of the molecule is CC(F)(F)c1cc(NS(=O)(=O)c2c[nH]c3cc(Cl)ccc23)no1. The first-order valence-electron chi connectivity index (χ1n) is 6.31. The van der Waals surface area contributed by atoms with Gasteiger partial charge in [-0.25, -0.2) is 8.42 Å². The first kappa shape index (κ1) is 15.8. The molecule has 10 heteroatoms. The molecule has 6 nitrogen and oxygen atoms in total. The monoisotopic (exact) mass is 361 g/mol. The molecular weight excluding hydrogens is 352 g/mol. The predicted octanol–water partition coefficient (Wildman–Crippen LogP) is 3.72. The molecule has 0 aliphatic heterocycles. The minimum Gasteiger partial charge on any atom is -0.360 e. The second-order valence-electron chi connectivity index (χ2n) is 4.91. The molecule has 3 aromatic rings. The van der Waals surface area contributed by atoms with Crippen molar-refractivity contribution >= 4 is 38.3 Å². The summed E-state index contributed by atoms with van der Waals surface area (Å²) in [5.41, 5.74) is 0.527. The molecule has 0 spiro atoms. The molecule has 23 heavy (non-hydrogen) atoms. The molecule has 0 aliphatic carbocycles. The Labute approximate surface area is 134 Å². The van der Waals surface area contributed by atoms with Gasteiger partial charge in [0, 0.05) is 35.1 Å². The number of alkyl halides is 2. The van der Waals surface area contributed by atoms with E-state index in [0.717, 1.165) is 6.07 Å². The fraction of sp³-hybridized carbons (Fsp3) is 0.154. The number of anilines is 1. The van der Waals surface area contributed by atoms with Crippen molar-refractivity contribution in [1.29, 1.82) is 0 Å². The van der Waals surface area contributed by atoms with Crippen LogP contribution >= 0.6 is 11.6 Å². The number of rotatable bonds is 4. The van der Waals surface area contributed by atoms with Gasteiger partial charge in [-0.15, -0.1) is 0 Å². The number of aromatic nitrogens is 2. The van der Waals surface area contributed by atoms with Crippen molar-refractivity contribution in [3.8, 4) is 0 Å². The third-order valence-electron chi connectivity index (χ3n) is 3.08. The highest BCUT2D eigenvalue weighted by atomic mass is 35.5.